The zero-order chi connectivity index (χ0) is 16.5. The Balaban J connectivity index is 1.72. The molecule has 23 heavy (non-hydrogen) atoms. The molecule has 0 radical (unpaired) electrons. The number of benzene rings is 2. The lowest BCUT2D eigenvalue weighted by atomic mass is 10.1. The molecule has 0 unspecified atom stereocenters. The highest BCUT2D eigenvalue weighted by atomic mass is 16.5. The van der Waals surface area contributed by atoms with Crippen molar-refractivity contribution in [2.75, 3.05) is 32.6 Å². The summed E-state index contributed by atoms with van der Waals surface area (Å²) in [6.45, 7) is 0.807. The first-order valence-corrected chi connectivity index (χ1v) is 7.49. The second-order valence-corrected chi connectivity index (χ2v) is 4.99. The van der Waals surface area contributed by atoms with Gasteiger partial charge in [-0.2, -0.15) is 0 Å². The maximum Gasteiger partial charge on any atom is 0.239 e. The van der Waals surface area contributed by atoms with Crippen LogP contribution in [0, 0.1) is 0 Å². The van der Waals surface area contributed by atoms with Crippen molar-refractivity contribution < 1.29 is 14.3 Å². The van der Waals surface area contributed by atoms with Gasteiger partial charge < -0.3 is 20.1 Å². The molecular formula is C18H22N2O3. The molecule has 0 bridgehead atoms. The monoisotopic (exact) mass is 314 g/mol. The highest BCUT2D eigenvalue weighted by Gasteiger charge is 2.04. The molecule has 0 aliphatic rings. The number of amides is 1. The van der Waals surface area contributed by atoms with Gasteiger partial charge in [0, 0.05) is 12.2 Å². The third-order valence-corrected chi connectivity index (χ3v) is 3.45. The summed E-state index contributed by atoms with van der Waals surface area (Å²) in [4.78, 5) is 11.9. The Morgan fingerprint density at radius 3 is 2.43 bits per heavy atom. The van der Waals surface area contributed by atoms with Crippen LogP contribution in [0.15, 0.2) is 48.5 Å². The fourth-order valence-electron chi connectivity index (χ4n) is 2.20. The zero-order valence-electron chi connectivity index (χ0n) is 13.5. The Morgan fingerprint density at radius 1 is 1.00 bits per heavy atom. The molecule has 2 N–H and O–H groups in total. The zero-order valence-corrected chi connectivity index (χ0v) is 13.5. The molecule has 1 amide bonds. The van der Waals surface area contributed by atoms with E-state index in [0.717, 1.165) is 29.2 Å². The molecule has 0 aliphatic carbocycles. The smallest absolute Gasteiger partial charge is 0.239 e. The fraction of sp³-hybridized carbons (Fsp3) is 0.278. The molecule has 5 heteroatoms. The van der Waals surface area contributed by atoms with E-state index in [1.54, 1.807) is 14.2 Å². The standard InChI is InChI=1S/C18H22N2O3/c1-22-16-9-7-15(8-10-16)20-13-18(21)19-12-11-14-5-3-4-6-17(14)23-2/h3-10,20H,11-13H2,1-2H3,(H,19,21). The number of carbonyl (C=O) groups excluding carboxylic acids is 1. The lowest BCUT2D eigenvalue weighted by Crippen LogP contribution is -2.31. The van der Waals surface area contributed by atoms with Gasteiger partial charge >= 0.3 is 0 Å². The van der Waals surface area contributed by atoms with E-state index in [1.807, 2.05) is 48.5 Å². The maximum absolute atomic E-state index is 11.9. The van der Waals surface area contributed by atoms with E-state index < -0.39 is 0 Å². The lowest BCUT2D eigenvalue weighted by molar-refractivity contribution is -0.119. The SMILES string of the molecule is COc1ccc(NCC(=O)NCCc2ccccc2OC)cc1. The van der Waals surface area contributed by atoms with Gasteiger partial charge in [-0.05, 0) is 42.3 Å². The van der Waals surface area contributed by atoms with Crippen LogP contribution in [-0.4, -0.2) is 33.2 Å². The third kappa shape index (κ3) is 5.21. The minimum Gasteiger partial charge on any atom is -0.497 e. The minimum atomic E-state index is -0.0456. The number of anilines is 1. The van der Waals surface area contributed by atoms with Gasteiger partial charge in [0.25, 0.3) is 0 Å². The van der Waals surface area contributed by atoms with Crippen molar-refractivity contribution in [1.82, 2.24) is 5.32 Å². The summed E-state index contributed by atoms with van der Waals surface area (Å²) in [6, 6.07) is 15.3. The summed E-state index contributed by atoms with van der Waals surface area (Å²) in [5, 5.41) is 5.97. The van der Waals surface area contributed by atoms with E-state index in [4.69, 9.17) is 9.47 Å². The number of hydrogen-bond acceptors (Lipinski definition) is 4. The average molecular weight is 314 g/mol. The van der Waals surface area contributed by atoms with E-state index >= 15 is 0 Å². The van der Waals surface area contributed by atoms with Gasteiger partial charge in [0.05, 0.1) is 20.8 Å². The molecule has 0 heterocycles. The summed E-state index contributed by atoms with van der Waals surface area (Å²) in [6.07, 6.45) is 0.734. The Kier molecular flexibility index (Phi) is 6.29. The van der Waals surface area contributed by atoms with Gasteiger partial charge in [-0.15, -0.1) is 0 Å². The van der Waals surface area contributed by atoms with Gasteiger partial charge in [-0.3, -0.25) is 4.79 Å². The molecule has 0 aromatic heterocycles. The normalized spacial score (nSPS) is 10.0. The number of para-hydroxylation sites is 1. The lowest BCUT2D eigenvalue weighted by Gasteiger charge is -2.10. The van der Waals surface area contributed by atoms with Crippen molar-refractivity contribution in [1.29, 1.82) is 0 Å². The fourth-order valence-corrected chi connectivity index (χ4v) is 2.20. The summed E-state index contributed by atoms with van der Waals surface area (Å²) >= 11 is 0. The van der Waals surface area contributed by atoms with E-state index in [0.29, 0.717) is 6.54 Å². The van der Waals surface area contributed by atoms with Crippen molar-refractivity contribution in [2.45, 2.75) is 6.42 Å². The molecule has 0 saturated carbocycles. The van der Waals surface area contributed by atoms with Crippen molar-refractivity contribution in [3.05, 3.63) is 54.1 Å². The van der Waals surface area contributed by atoms with Crippen molar-refractivity contribution in [2.24, 2.45) is 0 Å². The summed E-state index contributed by atoms with van der Waals surface area (Å²) in [7, 11) is 3.27. The summed E-state index contributed by atoms with van der Waals surface area (Å²) in [5.74, 6) is 1.59. The Labute approximate surface area is 136 Å². The molecule has 0 aliphatic heterocycles. The van der Waals surface area contributed by atoms with E-state index in [9.17, 15) is 4.79 Å². The van der Waals surface area contributed by atoms with Crippen LogP contribution in [-0.2, 0) is 11.2 Å². The first-order valence-electron chi connectivity index (χ1n) is 7.49. The number of ether oxygens (including phenoxy) is 2. The van der Waals surface area contributed by atoms with Gasteiger partial charge in [0.2, 0.25) is 5.91 Å². The van der Waals surface area contributed by atoms with E-state index in [1.165, 1.54) is 0 Å². The van der Waals surface area contributed by atoms with Crippen molar-refractivity contribution in [3.63, 3.8) is 0 Å². The van der Waals surface area contributed by atoms with Crippen LogP contribution in [0.2, 0.25) is 0 Å². The largest absolute Gasteiger partial charge is 0.497 e. The van der Waals surface area contributed by atoms with Crippen LogP contribution in [0.1, 0.15) is 5.56 Å². The molecule has 0 atom stereocenters. The van der Waals surface area contributed by atoms with E-state index in [2.05, 4.69) is 10.6 Å². The second-order valence-electron chi connectivity index (χ2n) is 4.99. The number of nitrogens with one attached hydrogen (secondary N) is 2. The summed E-state index contributed by atoms with van der Waals surface area (Å²) < 4.78 is 10.4. The highest BCUT2D eigenvalue weighted by Crippen LogP contribution is 2.17. The molecule has 2 aromatic rings. The molecule has 0 spiro atoms. The highest BCUT2D eigenvalue weighted by molar-refractivity contribution is 5.80. The Morgan fingerprint density at radius 2 is 1.74 bits per heavy atom. The molecule has 5 nitrogen and oxygen atoms in total. The van der Waals surface area contributed by atoms with Gasteiger partial charge in [-0.1, -0.05) is 18.2 Å². The molecule has 122 valence electrons. The van der Waals surface area contributed by atoms with Gasteiger partial charge in [0.15, 0.2) is 0 Å². The minimum absolute atomic E-state index is 0.0456. The van der Waals surface area contributed by atoms with Crippen LogP contribution in [0.25, 0.3) is 0 Å². The molecule has 0 saturated heterocycles. The number of hydrogen-bond donors (Lipinski definition) is 2. The number of rotatable bonds is 8. The first kappa shape index (κ1) is 16.7. The predicted molar refractivity (Wildman–Crippen MR) is 91.2 cm³/mol. The molecule has 0 fully saturated rings. The quantitative estimate of drug-likeness (QED) is 0.786. The van der Waals surface area contributed by atoms with Crippen molar-refractivity contribution in [3.8, 4) is 11.5 Å². The van der Waals surface area contributed by atoms with Crippen molar-refractivity contribution >= 4 is 11.6 Å². The third-order valence-electron chi connectivity index (χ3n) is 3.45. The Bertz CT molecular complexity index is 626. The first-order chi connectivity index (χ1) is 11.2. The molecular weight excluding hydrogens is 292 g/mol. The molecule has 2 rings (SSSR count). The van der Waals surface area contributed by atoms with Crippen LogP contribution in [0.5, 0.6) is 11.5 Å². The van der Waals surface area contributed by atoms with Crippen LogP contribution in [0.4, 0.5) is 5.69 Å². The van der Waals surface area contributed by atoms with E-state index in [-0.39, 0.29) is 12.5 Å². The topological polar surface area (TPSA) is 59.6 Å². The molecule has 2 aromatic carbocycles. The van der Waals surface area contributed by atoms with Crippen LogP contribution < -0.4 is 20.1 Å². The predicted octanol–water partition coefficient (Wildman–Crippen LogP) is 2.47. The number of methoxy groups -OCH3 is 2. The average Bonchev–Trinajstić information content (AvgIpc) is 2.61. The second kappa shape index (κ2) is 8.68. The maximum atomic E-state index is 11.9. The van der Waals surface area contributed by atoms with Crippen LogP contribution in [0.3, 0.4) is 0 Å². The summed E-state index contributed by atoms with van der Waals surface area (Å²) in [5.41, 5.74) is 1.96. The number of carbonyl (C=O) groups is 1. The Hall–Kier alpha value is -2.69. The van der Waals surface area contributed by atoms with Gasteiger partial charge in [0.1, 0.15) is 11.5 Å². The van der Waals surface area contributed by atoms with Gasteiger partial charge in [-0.25, -0.2) is 0 Å². The van der Waals surface area contributed by atoms with Crippen LogP contribution >= 0.6 is 0 Å².